The molecule has 1 rings (SSSR count). The van der Waals surface area contributed by atoms with E-state index in [1.54, 1.807) is 0 Å². The zero-order valence-corrected chi connectivity index (χ0v) is 11.8. The van der Waals surface area contributed by atoms with Crippen LogP contribution in [0.15, 0.2) is 22.7 Å². The van der Waals surface area contributed by atoms with E-state index in [1.807, 2.05) is 18.2 Å². The Morgan fingerprint density at radius 2 is 2.13 bits per heavy atom. The number of rotatable bonds is 4. The number of halogens is 3. The quantitative estimate of drug-likeness (QED) is 0.855. The zero-order chi connectivity index (χ0) is 10.6. The van der Waals surface area contributed by atoms with E-state index in [0.29, 0.717) is 0 Å². The highest BCUT2D eigenvalue weighted by Gasteiger charge is 2.09. The summed E-state index contributed by atoms with van der Waals surface area (Å²) < 4.78 is 0.994. The van der Waals surface area contributed by atoms with E-state index < -0.39 is 0 Å². The molecule has 0 aliphatic heterocycles. The van der Waals surface area contributed by atoms with Crippen LogP contribution in [0.5, 0.6) is 0 Å². The van der Waals surface area contributed by atoms with Crippen LogP contribution in [0.3, 0.4) is 0 Å². The van der Waals surface area contributed by atoms with Crippen molar-refractivity contribution in [3.8, 4) is 0 Å². The molecule has 0 spiro atoms. The fourth-order valence-corrected chi connectivity index (χ4v) is 2.20. The molecule has 15 heavy (non-hydrogen) atoms. The lowest BCUT2D eigenvalue weighted by Crippen LogP contribution is -2.10. The Hall–Kier alpha value is 0.240. The Morgan fingerprint density at radius 3 is 2.67 bits per heavy atom. The second-order valence-electron chi connectivity index (χ2n) is 3.41. The third kappa shape index (κ3) is 4.73. The number of unbranched alkanes of at least 4 members (excludes halogenated alkanes) is 1. The molecule has 1 nitrogen and oxygen atoms in total. The molecule has 0 saturated carbocycles. The van der Waals surface area contributed by atoms with Gasteiger partial charge in [0.05, 0.1) is 0 Å². The van der Waals surface area contributed by atoms with Crippen LogP contribution in [0.4, 0.5) is 0 Å². The van der Waals surface area contributed by atoms with E-state index in [4.69, 9.17) is 17.3 Å². The van der Waals surface area contributed by atoms with Gasteiger partial charge in [-0.15, -0.1) is 12.4 Å². The fraction of sp³-hybridized carbons (Fsp3) is 0.455. The average Bonchev–Trinajstić information content (AvgIpc) is 2.14. The standard InChI is InChI=1S/C11H15BrClN.ClH/c1-2-3-4-11(14)9-6-5-8(12)7-10(9)13;/h5-7,11H,2-4,14H2,1H3;1H/t11-;/m0./s1. The smallest absolute Gasteiger partial charge is 0.0464 e. The van der Waals surface area contributed by atoms with Gasteiger partial charge < -0.3 is 5.73 Å². The van der Waals surface area contributed by atoms with Crippen molar-refractivity contribution in [3.05, 3.63) is 33.3 Å². The summed E-state index contributed by atoms with van der Waals surface area (Å²) in [4.78, 5) is 0. The van der Waals surface area contributed by atoms with Gasteiger partial charge in [0.1, 0.15) is 0 Å². The highest BCUT2D eigenvalue weighted by molar-refractivity contribution is 9.10. The summed E-state index contributed by atoms with van der Waals surface area (Å²) >= 11 is 9.47. The molecule has 86 valence electrons. The second kappa shape index (κ2) is 7.50. The Morgan fingerprint density at radius 1 is 1.47 bits per heavy atom. The van der Waals surface area contributed by atoms with Gasteiger partial charge >= 0.3 is 0 Å². The van der Waals surface area contributed by atoms with Gasteiger partial charge in [0, 0.05) is 15.5 Å². The SMILES string of the molecule is CCCC[C@H](N)c1ccc(Br)cc1Cl.Cl. The van der Waals surface area contributed by atoms with Crippen molar-refractivity contribution in [2.45, 2.75) is 32.2 Å². The van der Waals surface area contributed by atoms with Crippen LogP contribution in [-0.4, -0.2) is 0 Å². The lowest BCUT2D eigenvalue weighted by atomic mass is 10.0. The van der Waals surface area contributed by atoms with Gasteiger partial charge in [-0.1, -0.05) is 53.4 Å². The van der Waals surface area contributed by atoms with Gasteiger partial charge in [-0.05, 0) is 24.1 Å². The minimum atomic E-state index is 0. The molecule has 1 aromatic rings. The third-order valence-corrected chi connectivity index (χ3v) is 3.05. The van der Waals surface area contributed by atoms with Gasteiger partial charge in [-0.2, -0.15) is 0 Å². The van der Waals surface area contributed by atoms with Crippen molar-refractivity contribution in [2.75, 3.05) is 0 Å². The summed E-state index contributed by atoms with van der Waals surface area (Å²) in [5.74, 6) is 0. The molecule has 0 aliphatic carbocycles. The molecule has 0 amide bonds. The van der Waals surface area contributed by atoms with Crippen molar-refractivity contribution in [3.63, 3.8) is 0 Å². The first-order valence-corrected chi connectivity index (χ1v) is 6.02. The first-order chi connectivity index (χ1) is 6.65. The van der Waals surface area contributed by atoms with Crippen LogP contribution in [0.25, 0.3) is 0 Å². The molecule has 0 bridgehead atoms. The zero-order valence-electron chi connectivity index (χ0n) is 8.67. The van der Waals surface area contributed by atoms with Crippen molar-refractivity contribution in [1.29, 1.82) is 0 Å². The summed E-state index contributed by atoms with van der Waals surface area (Å²) in [7, 11) is 0. The minimum Gasteiger partial charge on any atom is -0.324 e. The predicted molar refractivity (Wildman–Crippen MR) is 72.9 cm³/mol. The Bertz CT molecular complexity index is 305. The number of nitrogens with two attached hydrogens (primary N) is 1. The molecule has 0 fully saturated rings. The lowest BCUT2D eigenvalue weighted by Gasteiger charge is -2.13. The van der Waals surface area contributed by atoms with E-state index in [-0.39, 0.29) is 18.4 Å². The van der Waals surface area contributed by atoms with Crippen molar-refractivity contribution < 1.29 is 0 Å². The van der Waals surface area contributed by atoms with Gasteiger partial charge in [0.2, 0.25) is 0 Å². The van der Waals surface area contributed by atoms with Crippen LogP contribution in [0.2, 0.25) is 5.02 Å². The van der Waals surface area contributed by atoms with Crippen LogP contribution < -0.4 is 5.73 Å². The predicted octanol–water partition coefficient (Wildman–Crippen LogP) is 4.71. The van der Waals surface area contributed by atoms with Crippen molar-refractivity contribution in [2.24, 2.45) is 5.73 Å². The summed E-state index contributed by atoms with van der Waals surface area (Å²) in [6.07, 6.45) is 3.31. The summed E-state index contributed by atoms with van der Waals surface area (Å²) in [5.41, 5.74) is 7.08. The summed E-state index contributed by atoms with van der Waals surface area (Å²) in [6, 6.07) is 5.93. The number of benzene rings is 1. The topological polar surface area (TPSA) is 26.0 Å². The Kier molecular flexibility index (Phi) is 7.62. The van der Waals surface area contributed by atoms with Gasteiger partial charge in [-0.3, -0.25) is 0 Å². The van der Waals surface area contributed by atoms with E-state index >= 15 is 0 Å². The first kappa shape index (κ1) is 15.2. The second-order valence-corrected chi connectivity index (χ2v) is 4.74. The molecule has 1 atom stereocenters. The van der Waals surface area contributed by atoms with Crippen LogP contribution in [0.1, 0.15) is 37.8 Å². The highest BCUT2D eigenvalue weighted by Crippen LogP contribution is 2.27. The molecular weight excluding hydrogens is 297 g/mol. The maximum absolute atomic E-state index is 6.09. The highest BCUT2D eigenvalue weighted by atomic mass is 79.9. The fourth-order valence-electron chi connectivity index (χ4n) is 1.38. The molecule has 1 aromatic carbocycles. The van der Waals surface area contributed by atoms with Gasteiger partial charge in [0.15, 0.2) is 0 Å². The minimum absolute atomic E-state index is 0. The molecular formula is C11H16BrCl2N. The molecule has 0 saturated heterocycles. The molecule has 2 N–H and O–H groups in total. The number of hydrogen-bond donors (Lipinski definition) is 1. The van der Waals surface area contributed by atoms with Crippen LogP contribution >= 0.6 is 39.9 Å². The maximum Gasteiger partial charge on any atom is 0.0464 e. The van der Waals surface area contributed by atoms with Crippen LogP contribution in [-0.2, 0) is 0 Å². The molecule has 0 aliphatic rings. The van der Waals surface area contributed by atoms with Crippen molar-refractivity contribution >= 4 is 39.9 Å². The largest absolute Gasteiger partial charge is 0.324 e. The van der Waals surface area contributed by atoms with E-state index in [9.17, 15) is 0 Å². The van der Waals surface area contributed by atoms with Gasteiger partial charge in [0.25, 0.3) is 0 Å². The maximum atomic E-state index is 6.09. The lowest BCUT2D eigenvalue weighted by molar-refractivity contribution is 0.603. The molecule has 0 heterocycles. The molecule has 0 unspecified atom stereocenters. The van der Waals surface area contributed by atoms with E-state index in [2.05, 4.69) is 22.9 Å². The monoisotopic (exact) mass is 311 g/mol. The van der Waals surface area contributed by atoms with E-state index in [0.717, 1.165) is 27.9 Å². The molecule has 0 radical (unpaired) electrons. The summed E-state index contributed by atoms with van der Waals surface area (Å²) in [6.45, 7) is 2.16. The summed E-state index contributed by atoms with van der Waals surface area (Å²) in [5, 5.41) is 0.753. The van der Waals surface area contributed by atoms with Crippen LogP contribution in [0, 0.1) is 0 Å². The Labute approximate surface area is 111 Å². The Balaban J connectivity index is 0.00000196. The van der Waals surface area contributed by atoms with Crippen molar-refractivity contribution in [1.82, 2.24) is 0 Å². The molecule has 4 heteroatoms. The third-order valence-electron chi connectivity index (χ3n) is 2.23. The number of hydrogen-bond acceptors (Lipinski definition) is 1. The normalized spacial score (nSPS) is 12.0. The average molecular weight is 313 g/mol. The van der Waals surface area contributed by atoms with Gasteiger partial charge in [-0.25, -0.2) is 0 Å². The molecule has 0 aromatic heterocycles. The van der Waals surface area contributed by atoms with E-state index in [1.165, 1.54) is 6.42 Å². The first-order valence-electron chi connectivity index (χ1n) is 4.85.